The molecule has 154 valence electrons. The molecule has 0 atom stereocenters. The minimum absolute atomic E-state index is 0.0593. The first-order chi connectivity index (χ1) is 14.0. The summed E-state index contributed by atoms with van der Waals surface area (Å²) in [4.78, 5) is 31.9. The predicted octanol–water partition coefficient (Wildman–Crippen LogP) is 3.34. The molecule has 0 spiro atoms. The maximum Gasteiger partial charge on any atom is 0.409 e. The molecule has 29 heavy (non-hydrogen) atoms. The second kappa shape index (κ2) is 10.1. The molecular formula is C21H25N3O4S. The molecule has 2 amide bonds. The molecule has 7 nitrogen and oxygen atoms in total. The Labute approximate surface area is 174 Å². The van der Waals surface area contributed by atoms with Gasteiger partial charge >= 0.3 is 6.09 Å². The first kappa shape index (κ1) is 20.9. The molecule has 8 heteroatoms. The van der Waals surface area contributed by atoms with Gasteiger partial charge in [0.2, 0.25) is 5.91 Å². The van der Waals surface area contributed by atoms with Crippen molar-refractivity contribution in [1.29, 1.82) is 0 Å². The van der Waals surface area contributed by atoms with Gasteiger partial charge in [-0.15, -0.1) is 11.3 Å². The van der Waals surface area contributed by atoms with E-state index in [1.54, 1.807) is 33.3 Å². The standard InChI is InChI=1S/C21H25N3O4S/c1-16-22-18(15-29-16)14-28-19-7-4-17(5-8-19)6-9-20(25)23-10-3-11-24(13-12-23)21(26)27-2/h4-9,15H,3,10-14H2,1-2H3/b9-6+. The van der Waals surface area contributed by atoms with Crippen LogP contribution in [-0.2, 0) is 16.1 Å². The number of amides is 2. The molecule has 0 N–H and O–H groups in total. The number of nitrogens with zero attached hydrogens (tertiary/aromatic N) is 3. The van der Waals surface area contributed by atoms with Crippen molar-refractivity contribution in [3.63, 3.8) is 0 Å². The lowest BCUT2D eigenvalue weighted by Gasteiger charge is -2.20. The minimum Gasteiger partial charge on any atom is -0.487 e. The fourth-order valence-electron chi connectivity index (χ4n) is 3.03. The van der Waals surface area contributed by atoms with Gasteiger partial charge in [0.15, 0.2) is 0 Å². The number of rotatable bonds is 5. The fourth-order valence-corrected chi connectivity index (χ4v) is 3.63. The number of hydrogen-bond donors (Lipinski definition) is 0. The Balaban J connectivity index is 1.50. The Morgan fingerprint density at radius 2 is 1.86 bits per heavy atom. The molecule has 0 radical (unpaired) electrons. The summed E-state index contributed by atoms with van der Waals surface area (Å²) in [5.74, 6) is 0.700. The van der Waals surface area contributed by atoms with Crippen LogP contribution >= 0.6 is 11.3 Å². The van der Waals surface area contributed by atoms with Crippen LogP contribution in [0.4, 0.5) is 4.79 Å². The minimum atomic E-state index is -0.345. The molecule has 0 bridgehead atoms. The van der Waals surface area contributed by atoms with Crippen molar-refractivity contribution in [3.8, 4) is 5.75 Å². The van der Waals surface area contributed by atoms with Gasteiger partial charge in [0.05, 0.1) is 17.8 Å². The molecule has 3 rings (SSSR count). The highest BCUT2D eigenvalue weighted by Gasteiger charge is 2.21. The van der Waals surface area contributed by atoms with Crippen molar-refractivity contribution < 1.29 is 19.1 Å². The van der Waals surface area contributed by atoms with Gasteiger partial charge < -0.3 is 19.3 Å². The summed E-state index contributed by atoms with van der Waals surface area (Å²) in [5, 5.41) is 3.02. The molecule has 1 aromatic carbocycles. The van der Waals surface area contributed by atoms with Crippen molar-refractivity contribution in [2.24, 2.45) is 0 Å². The molecule has 0 saturated carbocycles. The fraction of sp³-hybridized carbons (Fsp3) is 0.381. The van der Waals surface area contributed by atoms with Crippen molar-refractivity contribution in [3.05, 3.63) is 52.0 Å². The van der Waals surface area contributed by atoms with Gasteiger partial charge in [-0.2, -0.15) is 0 Å². The van der Waals surface area contributed by atoms with E-state index < -0.39 is 0 Å². The van der Waals surface area contributed by atoms with E-state index in [1.807, 2.05) is 36.6 Å². The smallest absolute Gasteiger partial charge is 0.409 e. The Kier molecular flexibility index (Phi) is 7.24. The summed E-state index contributed by atoms with van der Waals surface area (Å²) >= 11 is 1.61. The number of hydrogen-bond acceptors (Lipinski definition) is 6. The zero-order valence-corrected chi connectivity index (χ0v) is 17.5. The van der Waals surface area contributed by atoms with E-state index in [9.17, 15) is 9.59 Å². The zero-order valence-electron chi connectivity index (χ0n) is 16.7. The molecule has 1 aliphatic heterocycles. The van der Waals surface area contributed by atoms with Gasteiger partial charge in [-0.3, -0.25) is 4.79 Å². The Morgan fingerprint density at radius 1 is 1.14 bits per heavy atom. The molecule has 0 aliphatic carbocycles. The molecule has 2 heterocycles. The average Bonchev–Trinajstić information content (AvgIpc) is 3.00. The second-order valence-electron chi connectivity index (χ2n) is 6.68. The first-order valence-corrected chi connectivity index (χ1v) is 10.4. The Hall–Kier alpha value is -2.87. The highest BCUT2D eigenvalue weighted by atomic mass is 32.1. The van der Waals surface area contributed by atoms with Crippen LogP contribution in [0, 0.1) is 6.92 Å². The van der Waals surface area contributed by atoms with E-state index in [-0.39, 0.29) is 12.0 Å². The highest BCUT2D eigenvalue weighted by Crippen LogP contribution is 2.16. The summed E-state index contributed by atoms with van der Waals surface area (Å²) in [6.45, 7) is 4.62. The molecule has 1 saturated heterocycles. The van der Waals surface area contributed by atoms with Crippen LogP contribution in [-0.4, -0.2) is 60.1 Å². The van der Waals surface area contributed by atoms with Crippen LogP contribution in [0.5, 0.6) is 5.75 Å². The molecule has 1 aromatic heterocycles. The topological polar surface area (TPSA) is 72.0 Å². The van der Waals surface area contributed by atoms with E-state index in [2.05, 4.69) is 4.98 Å². The number of aromatic nitrogens is 1. The van der Waals surface area contributed by atoms with Crippen molar-refractivity contribution >= 4 is 29.4 Å². The van der Waals surface area contributed by atoms with Crippen LogP contribution in [0.3, 0.4) is 0 Å². The number of thiazole rings is 1. The molecular weight excluding hydrogens is 390 g/mol. The largest absolute Gasteiger partial charge is 0.487 e. The molecule has 0 unspecified atom stereocenters. The number of carbonyl (C=O) groups excluding carboxylic acids is 2. The lowest BCUT2D eigenvalue weighted by atomic mass is 10.2. The highest BCUT2D eigenvalue weighted by molar-refractivity contribution is 7.09. The van der Waals surface area contributed by atoms with Crippen molar-refractivity contribution in [2.75, 3.05) is 33.3 Å². The quantitative estimate of drug-likeness (QED) is 0.701. The van der Waals surface area contributed by atoms with Crippen molar-refractivity contribution in [2.45, 2.75) is 20.0 Å². The number of benzene rings is 1. The summed E-state index contributed by atoms with van der Waals surface area (Å²) in [6.07, 6.45) is 3.75. The molecule has 1 fully saturated rings. The van der Waals surface area contributed by atoms with Crippen LogP contribution in [0.2, 0.25) is 0 Å². The van der Waals surface area contributed by atoms with E-state index in [1.165, 1.54) is 7.11 Å². The lowest BCUT2D eigenvalue weighted by Crippen LogP contribution is -2.36. The maximum atomic E-state index is 12.5. The van der Waals surface area contributed by atoms with Gasteiger partial charge in [0.25, 0.3) is 0 Å². The van der Waals surface area contributed by atoms with E-state index in [0.717, 1.165) is 28.4 Å². The predicted molar refractivity (Wildman–Crippen MR) is 112 cm³/mol. The number of aryl methyl sites for hydroxylation is 1. The SMILES string of the molecule is COC(=O)N1CCCN(C(=O)/C=C/c2ccc(OCc3csc(C)n3)cc2)CC1. The summed E-state index contributed by atoms with van der Waals surface area (Å²) < 4.78 is 10.5. The average molecular weight is 416 g/mol. The second-order valence-corrected chi connectivity index (χ2v) is 7.75. The maximum absolute atomic E-state index is 12.5. The van der Waals surface area contributed by atoms with E-state index >= 15 is 0 Å². The van der Waals surface area contributed by atoms with Gasteiger partial charge in [0.1, 0.15) is 12.4 Å². The monoisotopic (exact) mass is 415 g/mol. The zero-order chi connectivity index (χ0) is 20.6. The summed E-state index contributed by atoms with van der Waals surface area (Å²) in [5.41, 5.74) is 1.84. The van der Waals surface area contributed by atoms with Gasteiger partial charge in [0, 0.05) is 37.6 Å². The number of ether oxygens (including phenoxy) is 2. The van der Waals surface area contributed by atoms with Crippen LogP contribution in [0.25, 0.3) is 6.08 Å². The Bertz CT molecular complexity index is 863. The van der Waals surface area contributed by atoms with Crippen LogP contribution in [0.15, 0.2) is 35.7 Å². The summed E-state index contributed by atoms with van der Waals surface area (Å²) in [6, 6.07) is 7.58. The van der Waals surface area contributed by atoms with E-state index in [4.69, 9.17) is 9.47 Å². The summed E-state index contributed by atoms with van der Waals surface area (Å²) in [7, 11) is 1.37. The molecule has 1 aliphatic rings. The van der Waals surface area contributed by atoms with E-state index in [0.29, 0.717) is 32.8 Å². The van der Waals surface area contributed by atoms with Gasteiger partial charge in [-0.25, -0.2) is 9.78 Å². The molecule has 2 aromatic rings. The van der Waals surface area contributed by atoms with Crippen LogP contribution in [0.1, 0.15) is 22.7 Å². The van der Waals surface area contributed by atoms with Gasteiger partial charge in [-0.1, -0.05) is 12.1 Å². The van der Waals surface area contributed by atoms with Crippen LogP contribution < -0.4 is 4.74 Å². The van der Waals surface area contributed by atoms with Gasteiger partial charge in [-0.05, 0) is 37.1 Å². The third kappa shape index (κ3) is 6.05. The number of carbonyl (C=O) groups is 2. The third-order valence-electron chi connectivity index (χ3n) is 4.59. The first-order valence-electron chi connectivity index (χ1n) is 9.49. The number of methoxy groups -OCH3 is 1. The lowest BCUT2D eigenvalue weighted by molar-refractivity contribution is -0.125. The van der Waals surface area contributed by atoms with Crippen molar-refractivity contribution in [1.82, 2.24) is 14.8 Å². The third-order valence-corrected chi connectivity index (χ3v) is 5.41. The Morgan fingerprint density at radius 3 is 2.55 bits per heavy atom. The normalized spacial score (nSPS) is 14.7.